The fourth-order valence-corrected chi connectivity index (χ4v) is 5.17. The number of halogens is 2. The predicted molar refractivity (Wildman–Crippen MR) is 120 cm³/mol. The number of carbonyl (C=O) groups excluding carboxylic acids is 1. The quantitative estimate of drug-likeness (QED) is 0.520. The number of rotatable bonds is 6. The molecule has 2 N–H and O–H groups in total. The lowest BCUT2D eigenvalue weighted by Crippen LogP contribution is -2.40. The van der Waals surface area contributed by atoms with Crippen LogP contribution in [0.2, 0.25) is 5.02 Å². The number of carbonyl (C=O) groups is 1. The Morgan fingerprint density at radius 3 is 2.84 bits per heavy atom. The van der Waals surface area contributed by atoms with Gasteiger partial charge in [-0.05, 0) is 36.6 Å². The highest BCUT2D eigenvalue weighted by atomic mass is 35.5. The van der Waals surface area contributed by atoms with Gasteiger partial charge in [0.2, 0.25) is 10.8 Å². The average molecular weight is 475 g/mol. The molecule has 1 unspecified atom stereocenters. The van der Waals surface area contributed by atoms with E-state index in [-0.39, 0.29) is 22.4 Å². The van der Waals surface area contributed by atoms with Crippen LogP contribution in [-0.4, -0.2) is 20.0 Å². The number of hydrogen-bond acceptors (Lipinski definition) is 5. The molecular weight excluding hydrogens is 455 g/mol. The van der Waals surface area contributed by atoms with Gasteiger partial charge in [0.05, 0.1) is 35.0 Å². The molecule has 5 rings (SSSR count). The first-order chi connectivity index (χ1) is 15.4. The minimum absolute atomic E-state index is 0.0141. The molecule has 2 aliphatic rings. The third kappa shape index (κ3) is 3.50. The number of nitrogens with zero attached hydrogens (tertiary/aromatic N) is 2. The number of aryl methyl sites for hydroxylation is 1. The number of amides is 1. The number of nitrogens with one attached hydrogen (secondary N) is 2. The van der Waals surface area contributed by atoms with E-state index in [0.717, 1.165) is 36.6 Å². The summed E-state index contributed by atoms with van der Waals surface area (Å²) in [6.45, 7) is 0.240. The monoisotopic (exact) mass is 474 g/mol. The van der Waals surface area contributed by atoms with Gasteiger partial charge in [-0.15, -0.1) is 0 Å². The molecule has 1 atom stereocenters. The van der Waals surface area contributed by atoms with Crippen molar-refractivity contribution < 1.29 is 18.5 Å². The smallest absolute Gasteiger partial charge is 0.235 e. The van der Waals surface area contributed by atoms with Gasteiger partial charge in [-0.25, -0.2) is 14.1 Å². The molecule has 10 heteroatoms. The van der Waals surface area contributed by atoms with Crippen molar-refractivity contribution in [2.24, 2.45) is 7.05 Å². The van der Waals surface area contributed by atoms with Crippen LogP contribution in [0.25, 0.3) is 0 Å². The van der Waals surface area contributed by atoms with Crippen LogP contribution in [0.15, 0.2) is 47.8 Å². The van der Waals surface area contributed by atoms with E-state index in [1.54, 1.807) is 24.7 Å². The second-order valence-corrected chi connectivity index (χ2v) is 9.63. The van der Waals surface area contributed by atoms with E-state index >= 15 is 0 Å². The zero-order valence-electron chi connectivity index (χ0n) is 17.2. The summed E-state index contributed by atoms with van der Waals surface area (Å²) in [4.78, 5) is 16.9. The van der Waals surface area contributed by atoms with E-state index in [2.05, 4.69) is 15.0 Å². The normalized spacial score (nSPS) is 16.9. The number of benzene rings is 2. The molecule has 1 saturated carbocycles. The van der Waals surface area contributed by atoms with Crippen LogP contribution in [-0.2, 0) is 35.2 Å². The van der Waals surface area contributed by atoms with E-state index in [1.807, 2.05) is 11.6 Å². The van der Waals surface area contributed by atoms with E-state index < -0.39 is 22.6 Å². The van der Waals surface area contributed by atoms with Crippen molar-refractivity contribution in [1.29, 1.82) is 0 Å². The molecule has 0 radical (unpaired) electrons. The molecule has 1 fully saturated rings. The summed E-state index contributed by atoms with van der Waals surface area (Å²) in [7, 11) is 1.86. The Kier molecular flexibility index (Phi) is 5.27. The van der Waals surface area contributed by atoms with Crippen LogP contribution in [0.4, 0.5) is 15.8 Å². The second kappa shape index (κ2) is 7.99. The Hall–Kier alpha value is -2.75. The molecule has 3 aromatic rings. The highest BCUT2D eigenvalue weighted by molar-refractivity contribution is 7.92. The highest BCUT2D eigenvalue weighted by Crippen LogP contribution is 2.54. The van der Waals surface area contributed by atoms with Gasteiger partial charge in [0.1, 0.15) is 23.7 Å². The highest BCUT2D eigenvalue weighted by Gasteiger charge is 2.52. The summed E-state index contributed by atoms with van der Waals surface area (Å²) in [5, 5.41) is 3.19. The number of fused-ring (bicyclic) bond motifs is 2. The summed E-state index contributed by atoms with van der Waals surface area (Å²) in [5.41, 5.74) is 2.18. The van der Waals surface area contributed by atoms with Crippen LogP contribution in [0.1, 0.15) is 30.5 Å². The Labute approximate surface area is 192 Å². The maximum absolute atomic E-state index is 14.3. The number of ether oxygens (including phenoxy) is 1. The zero-order valence-corrected chi connectivity index (χ0v) is 18.7. The van der Waals surface area contributed by atoms with Crippen molar-refractivity contribution in [1.82, 2.24) is 9.55 Å². The predicted octanol–water partition coefficient (Wildman–Crippen LogP) is 4.30. The Morgan fingerprint density at radius 2 is 2.19 bits per heavy atom. The fourth-order valence-electron chi connectivity index (χ4n) is 4.14. The van der Waals surface area contributed by atoms with Crippen molar-refractivity contribution in [2.75, 3.05) is 10.0 Å². The molecule has 1 spiro atoms. The summed E-state index contributed by atoms with van der Waals surface area (Å²) in [5.74, 6) is -0.257. The molecule has 0 saturated heterocycles. The van der Waals surface area contributed by atoms with Crippen molar-refractivity contribution >= 4 is 40.2 Å². The van der Waals surface area contributed by atoms with Gasteiger partial charge < -0.3 is 19.2 Å². The lowest BCUT2D eigenvalue weighted by molar-refractivity contribution is -0.123. The number of aromatic nitrogens is 2. The fraction of sp³-hybridized carbons (Fsp3) is 0.273. The first kappa shape index (κ1) is 21.1. The van der Waals surface area contributed by atoms with Crippen LogP contribution in [0.5, 0.6) is 5.75 Å². The first-order valence-corrected chi connectivity index (χ1v) is 11.6. The standard InChI is InChI=1S/C22H20ClFN4O3S/c1-28-12-25-10-15(28)11-31-18-9-14(27-32(30)19-4-3-13(23)7-17(19)24)8-16-20(18)26-21(29)22(16)5-2-6-22/h3-4,7-10,12,27H,2,5-6,11H2,1H3,(H,26,29). The van der Waals surface area contributed by atoms with Gasteiger partial charge in [0.15, 0.2) is 5.82 Å². The Morgan fingerprint density at radius 1 is 1.38 bits per heavy atom. The van der Waals surface area contributed by atoms with Gasteiger partial charge in [-0.2, -0.15) is 0 Å². The van der Waals surface area contributed by atoms with E-state index in [4.69, 9.17) is 16.3 Å². The molecule has 32 heavy (non-hydrogen) atoms. The largest absolute Gasteiger partial charge is 0.588 e. The molecule has 166 valence electrons. The summed E-state index contributed by atoms with van der Waals surface area (Å²) >= 11 is 3.93. The van der Waals surface area contributed by atoms with Crippen molar-refractivity contribution in [3.05, 3.63) is 65.0 Å². The van der Waals surface area contributed by atoms with Gasteiger partial charge in [0, 0.05) is 24.2 Å². The summed E-state index contributed by atoms with van der Waals surface area (Å²) in [6.07, 6.45) is 5.82. The lowest BCUT2D eigenvalue weighted by Gasteiger charge is -2.36. The maximum Gasteiger partial charge on any atom is 0.235 e. The molecular formula is C22H20ClFN4O3S. The minimum atomic E-state index is -1.87. The molecule has 0 bridgehead atoms. The minimum Gasteiger partial charge on any atom is -0.588 e. The van der Waals surface area contributed by atoms with Crippen molar-refractivity contribution in [3.8, 4) is 5.75 Å². The van der Waals surface area contributed by atoms with Crippen LogP contribution < -0.4 is 14.8 Å². The topological polar surface area (TPSA) is 91.2 Å². The van der Waals surface area contributed by atoms with Gasteiger partial charge in [0.25, 0.3) is 0 Å². The van der Waals surface area contributed by atoms with Crippen molar-refractivity contribution in [2.45, 2.75) is 36.2 Å². The van der Waals surface area contributed by atoms with Gasteiger partial charge in [-0.1, -0.05) is 18.0 Å². The maximum atomic E-state index is 14.3. The van der Waals surface area contributed by atoms with E-state index in [1.165, 1.54) is 12.1 Å². The number of imidazole rings is 1. The summed E-state index contributed by atoms with van der Waals surface area (Å²) in [6, 6.07) is 7.45. The van der Waals surface area contributed by atoms with Crippen LogP contribution in [0, 0.1) is 5.82 Å². The van der Waals surface area contributed by atoms with Crippen molar-refractivity contribution in [3.63, 3.8) is 0 Å². The Bertz CT molecular complexity index is 1210. The zero-order chi connectivity index (χ0) is 22.5. The Balaban J connectivity index is 1.49. The van der Waals surface area contributed by atoms with E-state index in [0.29, 0.717) is 17.1 Å². The molecule has 2 heterocycles. The molecule has 2 aromatic carbocycles. The van der Waals surface area contributed by atoms with Crippen LogP contribution in [0.3, 0.4) is 0 Å². The molecule has 1 aliphatic heterocycles. The summed E-state index contributed by atoms with van der Waals surface area (Å²) < 4.78 is 37.8. The second-order valence-electron chi connectivity index (χ2n) is 8.02. The van der Waals surface area contributed by atoms with Gasteiger partial charge >= 0.3 is 0 Å². The van der Waals surface area contributed by atoms with E-state index in [9.17, 15) is 13.7 Å². The third-order valence-electron chi connectivity index (χ3n) is 6.09. The molecule has 7 nitrogen and oxygen atoms in total. The average Bonchev–Trinajstić information content (AvgIpc) is 3.25. The van der Waals surface area contributed by atoms with Crippen LogP contribution >= 0.6 is 11.6 Å². The molecule has 1 aliphatic carbocycles. The molecule has 1 aromatic heterocycles. The van der Waals surface area contributed by atoms with Gasteiger partial charge in [-0.3, -0.25) is 4.79 Å². The first-order valence-electron chi connectivity index (χ1n) is 10.1. The lowest BCUT2D eigenvalue weighted by atomic mass is 9.65. The number of hydrogen-bond donors (Lipinski definition) is 2. The molecule has 1 amide bonds. The number of anilines is 2. The third-order valence-corrected chi connectivity index (χ3v) is 7.48. The SMILES string of the molecule is Cn1cncc1COc1cc(N[S+]([O-])c2ccc(Cl)cc2F)cc2c1NC(=O)C21CCC1.